The third-order valence-electron chi connectivity index (χ3n) is 3.57. The molecule has 0 unspecified atom stereocenters. The van der Waals surface area contributed by atoms with Crippen LogP contribution < -0.4 is 10.1 Å². The first-order valence-corrected chi connectivity index (χ1v) is 9.40. The average molecular weight is 343 g/mol. The summed E-state index contributed by atoms with van der Waals surface area (Å²) in [5.74, 6) is 2.14. The zero-order valence-electron chi connectivity index (χ0n) is 14.6. The zero-order valence-corrected chi connectivity index (χ0v) is 15.4. The van der Waals surface area contributed by atoms with Gasteiger partial charge in [0.1, 0.15) is 5.75 Å². The third-order valence-corrected chi connectivity index (χ3v) is 4.49. The van der Waals surface area contributed by atoms with Crippen molar-refractivity contribution < 1.29 is 9.53 Å². The number of anilines is 1. The molecule has 0 saturated carbocycles. The molecule has 2 rings (SSSR count). The van der Waals surface area contributed by atoms with E-state index in [2.05, 4.69) is 32.2 Å². The molecular weight excluding hydrogens is 318 g/mol. The number of hydrogen-bond donors (Lipinski definition) is 1. The van der Waals surface area contributed by atoms with Crippen LogP contribution in [0.5, 0.6) is 5.75 Å². The lowest BCUT2D eigenvalue weighted by molar-refractivity contribution is -0.113. The largest absolute Gasteiger partial charge is 0.493 e. The molecule has 0 radical (unpaired) electrons. The van der Waals surface area contributed by atoms with Gasteiger partial charge in [0, 0.05) is 11.4 Å². The molecule has 0 saturated heterocycles. The van der Waals surface area contributed by atoms with Gasteiger partial charge >= 0.3 is 0 Å². The van der Waals surface area contributed by atoms with Gasteiger partial charge in [0.15, 0.2) is 0 Å². The molecule has 0 heterocycles. The second kappa shape index (κ2) is 9.38. The Bertz CT molecular complexity index is 648. The molecule has 128 valence electrons. The Kier molecular flexibility index (Phi) is 7.19. The van der Waals surface area contributed by atoms with E-state index < -0.39 is 0 Å². The van der Waals surface area contributed by atoms with E-state index in [4.69, 9.17) is 4.74 Å². The van der Waals surface area contributed by atoms with E-state index in [1.807, 2.05) is 36.4 Å². The molecular formula is C20H25NO2S. The smallest absolute Gasteiger partial charge is 0.234 e. The predicted octanol–water partition coefficient (Wildman–Crippen LogP) is 4.62. The van der Waals surface area contributed by atoms with Gasteiger partial charge in [0.25, 0.3) is 0 Å². The number of ether oxygens (including phenoxy) is 1. The van der Waals surface area contributed by atoms with Gasteiger partial charge in [-0.2, -0.15) is 0 Å². The highest BCUT2D eigenvalue weighted by Crippen LogP contribution is 2.16. The Balaban J connectivity index is 1.65. The lowest BCUT2D eigenvalue weighted by Crippen LogP contribution is -2.15. The summed E-state index contributed by atoms with van der Waals surface area (Å²) in [5.41, 5.74) is 4.52. The van der Waals surface area contributed by atoms with Crippen LogP contribution in [0.3, 0.4) is 0 Å². The lowest BCUT2D eigenvalue weighted by Gasteiger charge is -2.08. The third kappa shape index (κ3) is 6.28. The summed E-state index contributed by atoms with van der Waals surface area (Å²) < 4.78 is 5.74. The van der Waals surface area contributed by atoms with E-state index in [1.54, 1.807) is 11.8 Å². The molecule has 0 bridgehead atoms. The van der Waals surface area contributed by atoms with Crippen LogP contribution in [0.15, 0.2) is 42.5 Å². The Morgan fingerprint density at radius 3 is 2.38 bits per heavy atom. The number of carbonyl (C=O) groups is 1. The van der Waals surface area contributed by atoms with Crippen molar-refractivity contribution in [2.24, 2.45) is 0 Å². The van der Waals surface area contributed by atoms with Crippen molar-refractivity contribution in [3.05, 3.63) is 59.2 Å². The van der Waals surface area contributed by atoms with Gasteiger partial charge in [-0.15, -0.1) is 11.8 Å². The molecule has 24 heavy (non-hydrogen) atoms. The first-order chi connectivity index (χ1) is 11.6. The van der Waals surface area contributed by atoms with Crippen molar-refractivity contribution in [3.63, 3.8) is 0 Å². The minimum Gasteiger partial charge on any atom is -0.493 e. The number of aryl methyl sites for hydroxylation is 3. The number of nitrogens with one attached hydrogen (secondary N) is 1. The maximum absolute atomic E-state index is 11.9. The SMILES string of the molecule is CCc1ccc(NC(=O)CSCCOc2cc(C)cc(C)c2)cc1. The topological polar surface area (TPSA) is 38.3 Å². The summed E-state index contributed by atoms with van der Waals surface area (Å²) in [6.45, 7) is 6.84. The Hall–Kier alpha value is -1.94. The van der Waals surface area contributed by atoms with Gasteiger partial charge in [-0.25, -0.2) is 0 Å². The van der Waals surface area contributed by atoms with E-state index in [0.717, 1.165) is 23.6 Å². The molecule has 4 heteroatoms. The van der Waals surface area contributed by atoms with Crippen molar-refractivity contribution in [2.45, 2.75) is 27.2 Å². The van der Waals surface area contributed by atoms with Crippen LogP contribution in [0.2, 0.25) is 0 Å². The van der Waals surface area contributed by atoms with Gasteiger partial charge in [0.05, 0.1) is 12.4 Å². The minimum atomic E-state index is 0.0237. The number of hydrogen-bond acceptors (Lipinski definition) is 3. The van der Waals surface area contributed by atoms with E-state index in [1.165, 1.54) is 16.7 Å². The standard InChI is InChI=1S/C20H25NO2S/c1-4-17-5-7-18(8-6-17)21-20(22)14-24-10-9-23-19-12-15(2)11-16(3)13-19/h5-8,11-13H,4,9-10,14H2,1-3H3,(H,21,22). The Morgan fingerprint density at radius 2 is 1.75 bits per heavy atom. The van der Waals surface area contributed by atoms with Gasteiger partial charge in [-0.05, 0) is 61.2 Å². The molecule has 0 fully saturated rings. The predicted molar refractivity (Wildman–Crippen MR) is 103 cm³/mol. The normalized spacial score (nSPS) is 10.5. The summed E-state index contributed by atoms with van der Waals surface area (Å²) in [7, 11) is 0. The summed E-state index contributed by atoms with van der Waals surface area (Å²) in [5, 5.41) is 2.92. The quantitative estimate of drug-likeness (QED) is 0.711. The fraction of sp³-hybridized carbons (Fsp3) is 0.350. The second-order valence-electron chi connectivity index (χ2n) is 5.82. The molecule has 0 aromatic heterocycles. The van der Waals surface area contributed by atoms with Crippen LogP contribution in [0.25, 0.3) is 0 Å². The summed E-state index contributed by atoms with van der Waals surface area (Å²) in [6, 6.07) is 14.2. The van der Waals surface area contributed by atoms with Crippen molar-refractivity contribution in [1.29, 1.82) is 0 Å². The van der Waals surface area contributed by atoms with E-state index in [9.17, 15) is 4.79 Å². The molecule has 1 amide bonds. The molecule has 2 aromatic rings. The number of amides is 1. The summed E-state index contributed by atoms with van der Waals surface area (Å²) >= 11 is 1.58. The van der Waals surface area contributed by atoms with Gasteiger partial charge in [0.2, 0.25) is 5.91 Å². The molecule has 0 atom stereocenters. The van der Waals surface area contributed by atoms with Gasteiger partial charge in [-0.1, -0.05) is 25.1 Å². The highest BCUT2D eigenvalue weighted by molar-refractivity contribution is 7.99. The average Bonchev–Trinajstić information content (AvgIpc) is 2.54. The second-order valence-corrected chi connectivity index (χ2v) is 6.93. The van der Waals surface area contributed by atoms with Crippen LogP contribution in [-0.4, -0.2) is 24.0 Å². The molecule has 0 aliphatic rings. The zero-order chi connectivity index (χ0) is 17.4. The monoisotopic (exact) mass is 343 g/mol. The first-order valence-electron chi connectivity index (χ1n) is 8.24. The highest BCUT2D eigenvalue weighted by atomic mass is 32.2. The molecule has 0 aliphatic heterocycles. The van der Waals surface area contributed by atoms with Crippen molar-refractivity contribution >= 4 is 23.4 Å². The summed E-state index contributed by atoms with van der Waals surface area (Å²) in [6.07, 6.45) is 1.00. The summed E-state index contributed by atoms with van der Waals surface area (Å²) in [4.78, 5) is 11.9. The molecule has 0 spiro atoms. The van der Waals surface area contributed by atoms with E-state index in [-0.39, 0.29) is 5.91 Å². The number of thioether (sulfide) groups is 1. The Morgan fingerprint density at radius 1 is 1.08 bits per heavy atom. The van der Waals surface area contributed by atoms with Crippen LogP contribution in [0, 0.1) is 13.8 Å². The first kappa shape index (κ1) is 18.4. The molecule has 0 aliphatic carbocycles. The van der Waals surface area contributed by atoms with Crippen molar-refractivity contribution in [1.82, 2.24) is 0 Å². The molecule has 3 nitrogen and oxygen atoms in total. The fourth-order valence-electron chi connectivity index (χ4n) is 2.42. The van der Waals surface area contributed by atoms with Gasteiger partial charge < -0.3 is 10.1 Å². The number of carbonyl (C=O) groups excluding carboxylic acids is 1. The Labute approximate surface area is 148 Å². The lowest BCUT2D eigenvalue weighted by atomic mass is 10.1. The van der Waals surface area contributed by atoms with Crippen LogP contribution in [0.1, 0.15) is 23.6 Å². The van der Waals surface area contributed by atoms with Crippen LogP contribution >= 0.6 is 11.8 Å². The van der Waals surface area contributed by atoms with Crippen molar-refractivity contribution in [2.75, 3.05) is 23.4 Å². The van der Waals surface area contributed by atoms with E-state index in [0.29, 0.717) is 12.4 Å². The maximum atomic E-state index is 11.9. The number of rotatable bonds is 8. The molecule has 2 aromatic carbocycles. The minimum absolute atomic E-state index is 0.0237. The fourth-order valence-corrected chi connectivity index (χ4v) is 3.02. The molecule has 1 N–H and O–H groups in total. The van der Waals surface area contributed by atoms with E-state index >= 15 is 0 Å². The van der Waals surface area contributed by atoms with Crippen LogP contribution in [-0.2, 0) is 11.2 Å². The maximum Gasteiger partial charge on any atom is 0.234 e. The van der Waals surface area contributed by atoms with Gasteiger partial charge in [-0.3, -0.25) is 4.79 Å². The highest BCUT2D eigenvalue weighted by Gasteiger charge is 2.03. The number of benzene rings is 2. The van der Waals surface area contributed by atoms with Crippen molar-refractivity contribution in [3.8, 4) is 5.75 Å². The van der Waals surface area contributed by atoms with Crippen LogP contribution in [0.4, 0.5) is 5.69 Å².